The van der Waals surface area contributed by atoms with E-state index >= 15 is 0 Å². The molecule has 2 rings (SSSR count). The summed E-state index contributed by atoms with van der Waals surface area (Å²) in [5.74, 6) is -0.346. The lowest BCUT2D eigenvalue weighted by molar-refractivity contribution is -0.146. The van der Waals surface area contributed by atoms with E-state index in [1.54, 1.807) is 32.0 Å². The van der Waals surface area contributed by atoms with E-state index in [-0.39, 0.29) is 18.9 Å². The molecule has 0 saturated heterocycles. The van der Waals surface area contributed by atoms with E-state index in [4.69, 9.17) is 32.7 Å². The highest BCUT2D eigenvalue weighted by atomic mass is 35.5. The smallest absolute Gasteiger partial charge is 0.310 e. The molecular weight excluding hydrogens is 367 g/mol. The Morgan fingerprint density at radius 1 is 1.32 bits per heavy atom. The van der Waals surface area contributed by atoms with Crippen LogP contribution in [0.25, 0.3) is 11.3 Å². The number of carbonyl (C=O) groups excluding carboxylic acids is 1. The Labute approximate surface area is 155 Å². The molecule has 0 unspecified atom stereocenters. The zero-order valence-corrected chi connectivity index (χ0v) is 15.3. The van der Waals surface area contributed by atoms with Crippen LogP contribution in [0.15, 0.2) is 28.8 Å². The number of halogens is 2. The molecular formula is C17H18Cl2N2O4. The van der Waals surface area contributed by atoms with Crippen molar-refractivity contribution in [2.75, 3.05) is 6.54 Å². The van der Waals surface area contributed by atoms with E-state index in [9.17, 15) is 9.59 Å². The molecule has 0 aliphatic rings. The number of hydrogen-bond acceptors (Lipinski definition) is 4. The second kappa shape index (κ2) is 7.89. The van der Waals surface area contributed by atoms with Crippen LogP contribution >= 0.6 is 23.2 Å². The van der Waals surface area contributed by atoms with Crippen molar-refractivity contribution in [3.63, 3.8) is 0 Å². The van der Waals surface area contributed by atoms with Gasteiger partial charge in [-0.05, 0) is 32.0 Å². The molecule has 6 nitrogen and oxygen atoms in total. The number of aliphatic carboxylic acids is 1. The van der Waals surface area contributed by atoms with Crippen LogP contribution < -0.4 is 5.32 Å². The molecule has 0 spiro atoms. The Morgan fingerprint density at radius 2 is 2.04 bits per heavy atom. The summed E-state index contributed by atoms with van der Waals surface area (Å²) in [5.41, 5.74) is -0.352. The summed E-state index contributed by atoms with van der Waals surface area (Å²) in [6.07, 6.45) is 1.98. The number of nitrogens with zero attached hydrogens (tertiary/aromatic N) is 1. The number of nitrogens with one attached hydrogen (secondary N) is 1. The van der Waals surface area contributed by atoms with E-state index in [1.807, 2.05) is 0 Å². The van der Waals surface area contributed by atoms with E-state index in [1.165, 1.54) is 6.20 Å². The molecule has 1 heterocycles. The van der Waals surface area contributed by atoms with Crippen LogP contribution in [0.2, 0.25) is 10.0 Å². The van der Waals surface area contributed by atoms with Crippen molar-refractivity contribution in [2.24, 2.45) is 5.41 Å². The quantitative estimate of drug-likeness (QED) is 0.756. The van der Waals surface area contributed by atoms with Gasteiger partial charge in [-0.25, -0.2) is 4.98 Å². The van der Waals surface area contributed by atoms with Gasteiger partial charge in [0, 0.05) is 30.0 Å². The standard InChI is InChI=1S/C17H18Cl2N2O4/c1-17(2,16(23)24)9-21-14(22)5-6-15-20-8-13(25-15)11-4-3-10(18)7-12(11)19/h3-4,7-8H,5-6,9H2,1-2H3,(H,21,22)(H,23,24). The summed E-state index contributed by atoms with van der Waals surface area (Å²) in [5, 5.41) is 12.6. The topological polar surface area (TPSA) is 92.4 Å². The van der Waals surface area contributed by atoms with Crippen LogP contribution in [-0.2, 0) is 16.0 Å². The Kier molecular flexibility index (Phi) is 6.08. The maximum Gasteiger partial charge on any atom is 0.310 e. The van der Waals surface area contributed by atoms with Crippen LogP contribution in [-0.4, -0.2) is 28.5 Å². The lowest BCUT2D eigenvalue weighted by atomic mass is 9.94. The maximum absolute atomic E-state index is 11.8. The first kappa shape index (κ1) is 19.3. The van der Waals surface area contributed by atoms with Crippen molar-refractivity contribution >= 4 is 35.1 Å². The van der Waals surface area contributed by atoms with Crippen LogP contribution in [0.4, 0.5) is 0 Å². The molecule has 1 amide bonds. The maximum atomic E-state index is 11.8. The monoisotopic (exact) mass is 384 g/mol. The van der Waals surface area contributed by atoms with Gasteiger partial charge >= 0.3 is 5.97 Å². The Bertz CT molecular complexity index is 787. The highest BCUT2D eigenvalue weighted by Crippen LogP contribution is 2.30. The summed E-state index contributed by atoms with van der Waals surface area (Å²) in [4.78, 5) is 27.0. The van der Waals surface area contributed by atoms with Crippen molar-refractivity contribution in [3.05, 3.63) is 40.3 Å². The molecule has 1 aromatic carbocycles. The summed E-state index contributed by atoms with van der Waals surface area (Å²) in [7, 11) is 0. The summed E-state index contributed by atoms with van der Waals surface area (Å²) in [6.45, 7) is 3.15. The van der Waals surface area contributed by atoms with Gasteiger partial charge in [0.2, 0.25) is 5.91 Å². The normalized spacial score (nSPS) is 11.4. The average Bonchev–Trinajstić information content (AvgIpc) is 2.99. The molecule has 2 N–H and O–H groups in total. The molecule has 0 fully saturated rings. The van der Waals surface area contributed by atoms with Gasteiger partial charge in [-0.1, -0.05) is 23.2 Å². The fraction of sp³-hybridized carbons (Fsp3) is 0.353. The highest BCUT2D eigenvalue weighted by molar-refractivity contribution is 6.36. The highest BCUT2D eigenvalue weighted by Gasteiger charge is 2.27. The number of oxazole rings is 1. The molecule has 1 aromatic heterocycles. The third kappa shape index (κ3) is 5.21. The molecule has 2 aromatic rings. The molecule has 25 heavy (non-hydrogen) atoms. The van der Waals surface area contributed by atoms with Gasteiger partial charge in [-0.15, -0.1) is 0 Å². The third-order valence-electron chi connectivity index (χ3n) is 3.62. The Hall–Kier alpha value is -2.05. The van der Waals surface area contributed by atoms with Gasteiger partial charge in [0.25, 0.3) is 0 Å². The van der Waals surface area contributed by atoms with Crippen molar-refractivity contribution < 1.29 is 19.1 Å². The number of aryl methyl sites for hydroxylation is 1. The fourth-order valence-electron chi connectivity index (χ4n) is 1.94. The van der Waals surface area contributed by atoms with Crippen LogP contribution in [0.1, 0.15) is 26.2 Å². The van der Waals surface area contributed by atoms with Crippen LogP contribution in [0.3, 0.4) is 0 Å². The molecule has 0 aliphatic heterocycles. The number of rotatable bonds is 7. The van der Waals surface area contributed by atoms with Crippen LogP contribution in [0.5, 0.6) is 0 Å². The number of hydrogen-bond donors (Lipinski definition) is 2. The largest absolute Gasteiger partial charge is 0.481 e. The molecule has 0 atom stereocenters. The first-order valence-corrected chi connectivity index (χ1v) is 8.35. The van der Waals surface area contributed by atoms with Crippen molar-refractivity contribution in [1.82, 2.24) is 10.3 Å². The first-order valence-electron chi connectivity index (χ1n) is 7.59. The van der Waals surface area contributed by atoms with Gasteiger partial charge in [-0.3, -0.25) is 9.59 Å². The third-order valence-corrected chi connectivity index (χ3v) is 4.17. The number of carboxylic acids is 1. The average molecular weight is 385 g/mol. The summed E-state index contributed by atoms with van der Waals surface area (Å²) >= 11 is 12.0. The lowest BCUT2D eigenvalue weighted by Gasteiger charge is -2.19. The molecule has 134 valence electrons. The fourth-order valence-corrected chi connectivity index (χ4v) is 2.45. The lowest BCUT2D eigenvalue weighted by Crippen LogP contribution is -2.38. The van der Waals surface area contributed by atoms with Gasteiger partial charge < -0.3 is 14.8 Å². The second-order valence-corrected chi connectivity index (χ2v) is 7.05. The number of carboxylic acid groups (broad SMARTS) is 1. The van der Waals surface area contributed by atoms with E-state index in [2.05, 4.69) is 10.3 Å². The Morgan fingerprint density at radius 3 is 2.68 bits per heavy atom. The first-order chi connectivity index (χ1) is 11.7. The number of carbonyl (C=O) groups is 2. The van der Waals surface area contributed by atoms with Gasteiger partial charge in [0.05, 0.1) is 16.6 Å². The SMILES string of the molecule is CC(C)(CNC(=O)CCc1ncc(-c2ccc(Cl)cc2Cl)o1)C(=O)O. The van der Waals surface area contributed by atoms with Crippen LogP contribution in [0, 0.1) is 5.41 Å². The van der Waals surface area contributed by atoms with E-state index < -0.39 is 11.4 Å². The molecule has 0 saturated carbocycles. The molecule has 0 radical (unpaired) electrons. The summed E-state index contributed by atoms with van der Waals surface area (Å²) < 4.78 is 5.61. The predicted octanol–water partition coefficient (Wildman–Crippen LogP) is 3.81. The van der Waals surface area contributed by atoms with E-state index in [0.29, 0.717) is 33.7 Å². The minimum atomic E-state index is -1.02. The zero-order valence-electron chi connectivity index (χ0n) is 13.8. The summed E-state index contributed by atoms with van der Waals surface area (Å²) in [6, 6.07) is 5.04. The minimum absolute atomic E-state index is 0.0540. The molecule has 8 heteroatoms. The number of amides is 1. The Balaban J connectivity index is 1.91. The van der Waals surface area contributed by atoms with Gasteiger partial charge in [-0.2, -0.15) is 0 Å². The zero-order chi connectivity index (χ0) is 18.6. The van der Waals surface area contributed by atoms with E-state index in [0.717, 1.165) is 0 Å². The molecule has 0 bridgehead atoms. The van der Waals surface area contributed by atoms with Crippen molar-refractivity contribution in [2.45, 2.75) is 26.7 Å². The minimum Gasteiger partial charge on any atom is -0.481 e. The molecule has 0 aliphatic carbocycles. The van der Waals surface area contributed by atoms with Crippen molar-refractivity contribution in [3.8, 4) is 11.3 Å². The second-order valence-electron chi connectivity index (χ2n) is 6.21. The van der Waals surface area contributed by atoms with Gasteiger partial charge in [0.1, 0.15) is 0 Å². The van der Waals surface area contributed by atoms with Crippen molar-refractivity contribution in [1.29, 1.82) is 0 Å². The predicted molar refractivity (Wildman–Crippen MR) is 94.7 cm³/mol. The van der Waals surface area contributed by atoms with Gasteiger partial charge in [0.15, 0.2) is 11.7 Å². The number of aromatic nitrogens is 1. The number of benzene rings is 1.